The summed E-state index contributed by atoms with van der Waals surface area (Å²) in [6.45, 7) is -1.67. The minimum atomic E-state index is -4.66. The zero-order valence-corrected chi connectivity index (χ0v) is 17.3. The van der Waals surface area contributed by atoms with Crippen LogP contribution in [0.3, 0.4) is 0 Å². The van der Waals surface area contributed by atoms with Crippen LogP contribution in [0.1, 0.15) is 10.4 Å². The van der Waals surface area contributed by atoms with Crippen LogP contribution in [0.2, 0.25) is 0 Å². The van der Waals surface area contributed by atoms with Gasteiger partial charge in [-0.25, -0.2) is 17.2 Å². The first kappa shape index (κ1) is 24.0. The summed E-state index contributed by atoms with van der Waals surface area (Å²) >= 11 is 0. The van der Waals surface area contributed by atoms with Crippen molar-refractivity contribution < 1.29 is 39.9 Å². The Morgan fingerprint density at radius 2 is 1.64 bits per heavy atom. The van der Waals surface area contributed by atoms with Crippen molar-refractivity contribution >= 4 is 27.3 Å². The fourth-order valence-electron chi connectivity index (χ4n) is 2.63. The number of benzene rings is 3. The molecule has 3 aromatic rings. The molecule has 0 heterocycles. The average molecular weight is 486 g/mol. The number of ether oxygens (including phenoxy) is 1. The maximum absolute atomic E-state index is 13.8. The first-order valence-corrected chi connectivity index (χ1v) is 10.6. The SMILES string of the molecule is O=C(Nc1cc(F)ccc1OCC(F)(F)F)c1cccc(S(=O)(=O)Nc2ccccc2F)c1. The maximum atomic E-state index is 13.8. The summed E-state index contributed by atoms with van der Waals surface area (Å²) in [4.78, 5) is 12.2. The molecule has 12 heteroatoms. The summed E-state index contributed by atoms with van der Waals surface area (Å²) in [6, 6.07) is 12.1. The Bertz CT molecular complexity index is 1280. The molecule has 0 aromatic heterocycles. The zero-order valence-electron chi connectivity index (χ0n) is 16.5. The van der Waals surface area contributed by atoms with Crippen LogP contribution in [0, 0.1) is 11.6 Å². The quantitative estimate of drug-likeness (QED) is 0.463. The Kier molecular flexibility index (Phi) is 6.86. The lowest BCUT2D eigenvalue weighted by molar-refractivity contribution is -0.153. The van der Waals surface area contributed by atoms with Crippen LogP contribution in [0.25, 0.3) is 0 Å². The van der Waals surface area contributed by atoms with Gasteiger partial charge in [-0.05, 0) is 42.5 Å². The summed E-state index contributed by atoms with van der Waals surface area (Å²) in [5.74, 6) is -3.05. The minimum Gasteiger partial charge on any atom is -0.482 e. The van der Waals surface area contributed by atoms with E-state index in [0.29, 0.717) is 0 Å². The molecule has 0 aliphatic carbocycles. The van der Waals surface area contributed by atoms with Gasteiger partial charge in [-0.3, -0.25) is 9.52 Å². The predicted molar refractivity (Wildman–Crippen MR) is 110 cm³/mol. The van der Waals surface area contributed by atoms with E-state index in [1.807, 2.05) is 0 Å². The summed E-state index contributed by atoms with van der Waals surface area (Å²) in [5, 5.41) is 2.19. The Balaban J connectivity index is 1.83. The highest BCUT2D eigenvalue weighted by Gasteiger charge is 2.29. The summed E-state index contributed by atoms with van der Waals surface area (Å²) < 4.78 is 96.5. The van der Waals surface area contributed by atoms with Gasteiger partial charge in [0.15, 0.2) is 6.61 Å². The molecule has 3 rings (SSSR count). The molecule has 0 aliphatic rings. The molecule has 6 nitrogen and oxygen atoms in total. The van der Waals surface area contributed by atoms with Crippen LogP contribution in [-0.2, 0) is 10.0 Å². The molecule has 2 N–H and O–H groups in total. The van der Waals surface area contributed by atoms with Gasteiger partial charge in [0.25, 0.3) is 15.9 Å². The smallest absolute Gasteiger partial charge is 0.422 e. The number of halogens is 5. The lowest BCUT2D eigenvalue weighted by atomic mass is 10.2. The van der Waals surface area contributed by atoms with Crippen LogP contribution in [0.4, 0.5) is 33.3 Å². The predicted octanol–water partition coefficient (Wildman–Crippen LogP) is 4.96. The second-order valence-corrected chi connectivity index (χ2v) is 8.29. The van der Waals surface area contributed by atoms with Crippen molar-refractivity contribution in [2.45, 2.75) is 11.1 Å². The number of carbonyl (C=O) groups excluding carboxylic acids is 1. The van der Waals surface area contributed by atoms with E-state index in [0.717, 1.165) is 36.4 Å². The van der Waals surface area contributed by atoms with E-state index in [4.69, 9.17) is 0 Å². The van der Waals surface area contributed by atoms with Crippen LogP contribution in [0.5, 0.6) is 5.75 Å². The van der Waals surface area contributed by atoms with Gasteiger partial charge < -0.3 is 10.1 Å². The molecule has 3 aromatic carbocycles. The second-order valence-electron chi connectivity index (χ2n) is 6.61. The summed E-state index contributed by atoms with van der Waals surface area (Å²) in [6.07, 6.45) is -4.66. The number of alkyl halides is 3. The second kappa shape index (κ2) is 9.45. The fraction of sp³-hybridized carbons (Fsp3) is 0.0952. The van der Waals surface area contributed by atoms with Gasteiger partial charge in [0, 0.05) is 11.6 Å². The number of amides is 1. The molecule has 0 fully saturated rings. The van der Waals surface area contributed by atoms with Crippen molar-refractivity contribution in [2.75, 3.05) is 16.6 Å². The van der Waals surface area contributed by atoms with Gasteiger partial charge >= 0.3 is 6.18 Å². The van der Waals surface area contributed by atoms with E-state index < -0.39 is 46.1 Å². The minimum absolute atomic E-state index is 0.211. The molecule has 174 valence electrons. The van der Waals surface area contributed by atoms with Crippen LogP contribution < -0.4 is 14.8 Å². The Labute approximate surface area is 185 Å². The van der Waals surface area contributed by atoms with Crippen LogP contribution >= 0.6 is 0 Å². The highest BCUT2D eigenvalue weighted by atomic mass is 32.2. The van der Waals surface area contributed by atoms with Gasteiger partial charge in [-0.2, -0.15) is 13.2 Å². The third-order valence-corrected chi connectivity index (χ3v) is 5.47. The van der Waals surface area contributed by atoms with Gasteiger partial charge in [-0.15, -0.1) is 0 Å². The number of para-hydroxylation sites is 1. The van der Waals surface area contributed by atoms with Crippen molar-refractivity contribution in [1.82, 2.24) is 0 Å². The molecule has 0 radical (unpaired) electrons. The maximum Gasteiger partial charge on any atom is 0.422 e. The first-order valence-electron chi connectivity index (χ1n) is 9.12. The Hall–Kier alpha value is -3.67. The number of nitrogens with one attached hydrogen (secondary N) is 2. The third kappa shape index (κ3) is 6.42. The number of sulfonamides is 1. The Morgan fingerprint density at radius 1 is 0.909 bits per heavy atom. The van der Waals surface area contributed by atoms with Crippen molar-refractivity contribution in [3.05, 3.63) is 83.9 Å². The lowest BCUT2D eigenvalue weighted by Crippen LogP contribution is -2.20. The fourth-order valence-corrected chi connectivity index (χ4v) is 3.74. The van der Waals surface area contributed by atoms with E-state index in [1.54, 1.807) is 0 Å². The number of rotatable bonds is 7. The molecular formula is C21H15F5N2O4S. The van der Waals surface area contributed by atoms with E-state index in [9.17, 15) is 35.2 Å². The van der Waals surface area contributed by atoms with Gasteiger partial charge in [0.1, 0.15) is 17.4 Å². The highest BCUT2D eigenvalue weighted by Crippen LogP contribution is 2.28. The average Bonchev–Trinajstić information content (AvgIpc) is 2.74. The van der Waals surface area contributed by atoms with Crippen molar-refractivity contribution in [3.8, 4) is 5.75 Å². The number of carbonyl (C=O) groups is 1. The van der Waals surface area contributed by atoms with E-state index in [2.05, 4.69) is 14.8 Å². The van der Waals surface area contributed by atoms with Gasteiger partial charge in [-0.1, -0.05) is 18.2 Å². The standard InChI is InChI=1S/C21H15F5N2O4S/c22-14-8-9-19(32-12-21(24,25)26)18(11-14)27-20(29)13-4-3-5-15(10-13)33(30,31)28-17-7-2-1-6-16(17)23/h1-11,28H,12H2,(H,27,29). The molecule has 0 bridgehead atoms. The Morgan fingerprint density at radius 3 is 2.33 bits per heavy atom. The molecule has 1 amide bonds. The molecule has 0 saturated heterocycles. The topological polar surface area (TPSA) is 84.5 Å². The molecular weight excluding hydrogens is 471 g/mol. The zero-order chi connectivity index (χ0) is 24.2. The molecule has 33 heavy (non-hydrogen) atoms. The summed E-state index contributed by atoms with van der Waals surface area (Å²) in [5.41, 5.74) is -0.905. The number of hydrogen-bond acceptors (Lipinski definition) is 4. The normalized spacial score (nSPS) is 11.7. The lowest BCUT2D eigenvalue weighted by Gasteiger charge is -2.14. The van der Waals surface area contributed by atoms with Gasteiger partial charge in [0.2, 0.25) is 0 Å². The molecule has 0 saturated carbocycles. The van der Waals surface area contributed by atoms with E-state index in [-0.39, 0.29) is 21.8 Å². The van der Waals surface area contributed by atoms with Crippen molar-refractivity contribution in [3.63, 3.8) is 0 Å². The largest absolute Gasteiger partial charge is 0.482 e. The van der Waals surface area contributed by atoms with Crippen LogP contribution in [0.15, 0.2) is 71.6 Å². The number of anilines is 2. The third-order valence-electron chi connectivity index (χ3n) is 4.11. The molecule has 0 aliphatic heterocycles. The highest BCUT2D eigenvalue weighted by molar-refractivity contribution is 7.92. The monoisotopic (exact) mass is 486 g/mol. The molecule has 0 atom stereocenters. The van der Waals surface area contributed by atoms with Crippen molar-refractivity contribution in [1.29, 1.82) is 0 Å². The van der Waals surface area contributed by atoms with Crippen LogP contribution in [-0.4, -0.2) is 27.1 Å². The van der Waals surface area contributed by atoms with E-state index >= 15 is 0 Å². The number of hydrogen-bond donors (Lipinski definition) is 2. The summed E-state index contributed by atoms with van der Waals surface area (Å²) in [7, 11) is -4.28. The van der Waals surface area contributed by atoms with Gasteiger partial charge in [0.05, 0.1) is 16.3 Å². The van der Waals surface area contributed by atoms with E-state index in [1.165, 1.54) is 30.3 Å². The van der Waals surface area contributed by atoms with Crippen molar-refractivity contribution in [2.24, 2.45) is 0 Å². The molecule has 0 unspecified atom stereocenters. The first-order chi connectivity index (χ1) is 15.4. The molecule has 0 spiro atoms.